The van der Waals surface area contributed by atoms with E-state index in [0.29, 0.717) is 11.6 Å². The van der Waals surface area contributed by atoms with E-state index < -0.39 is 10.0 Å². The lowest BCUT2D eigenvalue weighted by Gasteiger charge is -2.36. The maximum atomic E-state index is 13.2. The Labute approximate surface area is 156 Å². The first-order chi connectivity index (χ1) is 12.3. The molecule has 144 valence electrons. The molecule has 1 aromatic carbocycles. The molecule has 0 saturated heterocycles. The molecule has 2 saturated carbocycles. The molecule has 1 amide bonds. The Morgan fingerprint density at radius 1 is 1.08 bits per heavy atom. The molecular formula is C19H28N2O4S. The second-order valence-corrected chi connectivity index (χ2v) is 9.42. The van der Waals surface area contributed by atoms with Crippen LogP contribution in [-0.2, 0) is 14.9 Å². The van der Waals surface area contributed by atoms with Crippen molar-refractivity contribution in [1.29, 1.82) is 0 Å². The summed E-state index contributed by atoms with van der Waals surface area (Å²) in [5, 5.41) is 0. The summed E-state index contributed by atoms with van der Waals surface area (Å²) in [5.74, 6) is 0.671. The maximum absolute atomic E-state index is 13.2. The lowest BCUT2D eigenvalue weighted by Crippen LogP contribution is -2.43. The minimum Gasteiger partial charge on any atom is -0.333 e. The van der Waals surface area contributed by atoms with Gasteiger partial charge in [-0.1, -0.05) is 17.5 Å². The van der Waals surface area contributed by atoms with Crippen LogP contribution in [0.25, 0.3) is 0 Å². The summed E-state index contributed by atoms with van der Waals surface area (Å²) >= 11 is 0. The molecule has 0 radical (unpaired) electrons. The summed E-state index contributed by atoms with van der Waals surface area (Å²) in [6.07, 6.45) is 6.45. The van der Waals surface area contributed by atoms with E-state index in [4.69, 9.17) is 4.84 Å². The Balaban J connectivity index is 1.85. The molecule has 2 fully saturated rings. The van der Waals surface area contributed by atoms with E-state index in [2.05, 4.69) is 6.92 Å². The van der Waals surface area contributed by atoms with Gasteiger partial charge in [0.15, 0.2) is 0 Å². The number of hydrogen-bond acceptors (Lipinski definition) is 4. The largest absolute Gasteiger partial charge is 0.333 e. The summed E-state index contributed by atoms with van der Waals surface area (Å²) in [7, 11) is -1.13. The SMILES string of the molecule is CON(C)S(=O)(=O)c1cccc(C(=O)N(C2CCC(C)CC2)C2CC2)c1. The van der Waals surface area contributed by atoms with Crippen molar-refractivity contribution < 1.29 is 18.0 Å². The predicted octanol–water partition coefficient (Wildman–Crippen LogP) is 3.05. The third-order valence-electron chi connectivity index (χ3n) is 5.53. The summed E-state index contributed by atoms with van der Waals surface area (Å²) in [5.41, 5.74) is 0.432. The van der Waals surface area contributed by atoms with Gasteiger partial charge >= 0.3 is 0 Å². The van der Waals surface area contributed by atoms with Crippen molar-refractivity contribution in [3.63, 3.8) is 0 Å². The molecule has 2 aliphatic carbocycles. The van der Waals surface area contributed by atoms with Crippen LogP contribution in [0.1, 0.15) is 55.8 Å². The van der Waals surface area contributed by atoms with E-state index in [9.17, 15) is 13.2 Å². The molecule has 0 N–H and O–H groups in total. The zero-order valence-electron chi connectivity index (χ0n) is 15.7. The molecule has 0 bridgehead atoms. The van der Waals surface area contributed by atoms with Crippen LogP contribution in [0.4, 0.5) is 0 Å². The summed E-state index contributed by atoms with van der Waals surface area (Å²) < 4.78 is 25.7. The van der Waals surface area contributed by atoms with Crippen LogP contribution >= 0.6 is 0 Å². The number of amides is 1. The molecule has 0 atom stereocenters. The van der Waals surface area contributed by atoms with Crippen LogP contribution in [0.5, 0.6) is 0 Å². The van der Waals surface area contributed by atoms with Crippen molar-refractivity contribution in [2.24, 2.45) is 5.92 Å². The van der Waals surface area contributed by atoms with Crippen molar-refractivity contribution in [2.75, 3.05) is 14.2 Å². The summed E-state index contributed by atoms with van der Waals surface area (Å²) in [6, 6.07) is 6.86. The Morgan fingerprint density at radius 2 is 1.65 bits per heavy atom. The topological polar surface area (TPSA) is 66.9 Å². The van der Waals surface area contributed by atoms with Crippen molar-refractivity contribution in [3.8, 4) is 0 Å². The zero-order chi connectivity index (χ0) is 18.9. The van der Waals surface area contributed by atoms with Gasteiger partial charge < -0.3 is 4.90 Å². The van der Waals surface area contributed by atoms with E-state index in [0.717, 1.165) is 48.9 Å². The van der Waals surface area contributed by atoms with Gasteiger partial charge in [0.05, 0.1) is 12.0 Å². The van der Waals surface area contributed by atoms with Crippen LogP contribution < -0.4 is 0 Å². The Hall–Kier alpha value is -1.44. The van der Waals surface area contributed by atoms with E-state index in [-0.39, 0.29) is 16.8 Å². The highest BCUT2D eigenvalue weighted by molar-refractivity contribution is 7.89. The number of hydroxylamine groups is 1. The average Bonchev–Trinajstić information content (AvgIpc) is 3.47. The van der Waals surface area contributed by atoms with E-state index in [1.807, 2.05) is 4.90 Å². The highest BCUT2D eigenvalue weighted by atomic mass is 32.2. The molecule has 0 heterocycles. The number of benzene rings is 1. The number of sulfonamides is 1. The Kier molecular flexibility index (Phi) is 5.69. The number of hydrogen-bond donors (Lipinski definition) is 0. The van der Waals surface area contributed by atoms with Crippen molar-refractivity contribution in [1.82, 2.24) is 9.37 Å². The molecule has 26 heavy (non-hydrogen) atoms. The molecule has 0 aromatic heterocycles. The number of carbonyl (C=O) groups excluding carboxylic acids is 1. The zero-order valence-corrected chi connectivity index (χ0v) is 16.5. The molecule has 1 aromatic rings. The smallest absolute Gasteiger partial charge is 0.264 e. The fourth-order valence-corrected chi connectivity index (χ4v) is 4.71. The molecule has 2 aliphatic rings. The molecular weight excluding hydrogens is 352 g/mol. The van der Waals surface area contributed by atoms with Gasteiger partial charge in [-0.2, -0.15) is 0 Å². The van der Waals surface area contributed by atoms with Crippen LogP contribution in [0, 0.1) is 5.92 Å². The number of carbonyl (C=O) groups is 1. The molecule has 0 aliphatic heterocycles. The molecule has 0 unspecified atom stereocenters. The van der Waals surface area contributed by atoms with Gasteiger partial charge in [-0.25, -0.2) is 8.42 Å². The van der Waals surface area contributed by atoms with Crippen LogP contribution in [0.15, 0.2) is 29.2 Å². The molecule has 6 nitrogen and oxygen atoms in total. The average molecular weight is 381 g/mol. The standard InChI is InChI=1S/C19H28N2O4S/c1-14-7-9-16(10-8-14)21(17-11-12-17)19(22)15-5-4-6-18(13-15)26(23,24)20(2)25-3/h4-6,13-14,16-17H,7-12H2,1-3H3. The third kappa shape index (κ3) is 3.94. The minimum absolute atomic E-state index is 0.0517. The van der Waals surface area contributed by atoms with Gasteiger partial charge in [0.25, 0.3) is 15.9 Å². The first-order valence-corrected chi connectivity index (χ1v) is 10.7. The predicted molar refractivity (Wildman–Crippen MR) is 99.0 cm³/mol. The van der Waals surface area contributed by atoms with Gasteiger partial charge in [0, 0.05) is 24.7 Å². The van der Waals surface area contributed by atoms with Crippen LogP contribution in [-0.4, -0.2) is 49.9 Å². The Morgan fingerprint density at radius 3 is 2.19 bits per heavy atom. The highest BCUT2D eigenvalue weighted by Crippen LogP contribution is 2.36. The van der Waals surface area contributed by atoms with Crippen LogP contribution in [0.3, 0.4) is 0 Å². The Bertz CT molecular complexity index is 753. The third-order valence-corrected chi connectivity index (χ3v) is 7.20. The number of nitrogens with zero attached hydrogens (tertiary/aromatic N) is 2. The maximum Gasteiger partial charge on any atom is 0.264 e. The van der Waals surface area contributed by atoms with Crippen molar-refractivity contribution in [2.45, 2.75) is 62.4 Å². The molecule has 3 rings (SSSR count). The fourth-order valence-electron chi connectivity index (χ4n) is 3.69. The first kappa shape index (κ1) is 19.3. The lowest BCUT2D eigenvalue weighted by molar-refractivity contribution is -0.0258. The molecule has 7 heteroatoms. The van der Waals surface area contributed by atoms with Gasteiger partial charge in [0.1, 0.15) is 0 Å². The van der Waals surface area contributed by atoms with Crippen molar-refractivity contribution in [3.05, 3.63) is 29.8 Å². The van der Waals surface area contributed by atoms with E-state index >= 15 is 0 Å². The fraction of sp³-hybridized carbons (Fsp3) is 0.632. The second kappa shape index (κ2) is 7.66. The van der Waals surface area contributed by atoms with Gasteiger partial charge in [-0.3, -0.25) is 9.63 Å². The summed E-state index contributed by atoms with van der Waals surface area (Å²) in [6.45, 7) is 2.26. The van der Waals surface area contributed by atoms with Crippen LogP contribution in [0.2, 0.25) is 0 Å². The monoisotopic (exact) mass is 380 g/mol. The second-order valence-electron chi connectivity index (χ2n) is 7.48. The van der Waals surface area contributed by atoms with E-state index in [1.165, 1.54) is 26.3 Å². The minimum atomic E-state index is -3.77. The quantitative estimate of drug-likeness (QED) is 0.712. The normalized spacial score (nSPS) is 23.8. The highest BCUT2D eigenvalue weighted by Gasteiger charge is 2.39. The number of rotatable bonds is 6. The molecule has 0 spiro atoms. The van der Waals surface area contributed by atoms with E-state index in [1.54, 1.807) is 12.1 Å². The first-order valence-electron chi connectivity index (χ1n) is 9.30. The van der Waals surface area contributed by atoms with Crippen molar-refractivity contribution >= 4 is 15.9 Å². The van der Waals surface area contributed by atoms with Gasteiger partial charge in [-0.05, 0) is 62.6 Å². The van der Waals surface area contributed by atoms with Gasteiger partial charge in [-0.15, -0.1) is 0 Å². The lowest BCUT2D eigenvalue weighted by atomic mass is 9.86. The summed E-state index contributed by atoms with van der Waals surface area (Å²) in [4.78, 5) is 20.1. The van der Waals surface area contributed by atoms with Gasteiger partial charge in [0.2, 0.25) is 0 Å².